The number of benzene rings is 1. The van der Waals surface area contributed by atoms with Crippen LogP contribution >= 0.6 is 0 Å². The van der Waals surface area contributed by atoms with Crippen LogP contribution in [0.1, 0.15) is 0 Å². The molecule has 0 aliphatic rings. The van der Waals surface area contributed by atoms with Crippen molar-refractivity contribution in [1.82, 2.24) is 9.78 Å². The summed E-state index contributed by atoms with van der Waals surface area (Å²) in [6.07, 6.45) is 1.83. The van der Waals surface area contributed by atoms with E-state index in [1.807, 2.05) is 25.4 Å². The van der Waals surface area contributed by atoms with Gasteiger partial charge in [-0.3, -0.25) is 4.68 Å². The second-order valence-corrected chi connectivity index (χ2v) is 3.00. The molecule has 4 nitrogen and oxygen atoms in total. The highest BCUT2D eigenvalue weighted by atomic mass is 16.5. The Morgan fingerprint density at radius 3 is 2.50 bits per heavy atom. The van der Waals surface area contributed by atoms with Gasteiger partial charge in [0, 0.05) is 25.0 Å². The Balaban J connectivity index is 2.15. The van der Waals surface area contributed by atoms with Crippen molar-refractivity contribution in [3.8, 4) is 11.6 Å². The molecule has 2 aromatic rings. The molecule has 0 aliphatic carbocycles. The van der Waals surface area contributed by atoms with Crippen molar-refractivity contribution in [2.75, 3.05) is 5.73 Å². The molecule has 0 fully saturated rings. The lowest BCUT2D eigenvalue weighted by Gasteiger charge is -2.01. The highest BCUT2D eigenvalue weighted by Gasteiger charge is 1.98. The molecule has 1 aromatic heterocycles. The summed E-state index contributed by atoms with van der Waals surface area (Å²) in [5, 5.41) is 4.09. The van der Waals surface area contributed by atoms with Gasteiger partial charge >= 0.3 is 0 Å². The van der Waals surface area contributed by atoms with Crippen LogP contribution in [0.15, 0.2) is 36.5 Å². The molecule has 14 heavy (non-hydrogen) atoms. The predicted molar refractivity (Wildman–Crippen MR) is 54.1 cm³/mol. The van der Waals surface area contributed by atoms with E-state index in [1.165, 1.54) is 0 Å². The number of hydrogen-bond donors (Lipinski definition) is 1. The quantitative estimate of drug-likeness (QED) is 0.733. The maximum absolute atomic E-state index is 5.55. The van der Waals surface area contributed by atoms with Gasteiger partial charge in [-0.05, 0) is 24.3 Å². The Bertz CT molecular complexity index is 419. The van der Waals surface area contributed by atoms with E-state index < -0.39 is 0 Å². The second-order valence-electron chi connectivity index (χ2n) is 3.00. The first kappa shape index (κ1) is 8.62. The topological polar surface area (TPSA) is 53.1 Å². The number of nitrogens with two attached hydrogens (primary N) is 1. The largest absolute Gasteiger partial charge is 0.438 e. The van der Waals surface area contributed by atoms with Gasteiger partial charge in [0.05, 0.1) is 0 Å². The van der Waals surface area contributed by atoms with Crippen molar-refractivity contribution in [3.63, 3.8) is 0 Å². The number of nitrogens with zero attached hydrogens (tertiary/aromatic N) is 2. The van der Waals surface area contributed by atoms with Crippen molar-refractivity contribution in [1.29, 1.82) is 0 Å². The molecule has 0 spiro atoms. The van der Waals surface area contributed by atoms with Crippen molar-refractivity contribution < 1.29 is 4.74 Å². The van der Waals surface area contributed by atoms with E-state index >= 15 is 0 Å². The van der Waals surface area contributed by atoms with Crippen LogP contribution in [0.5, 0.6) is 11.6 Å². The minimum atomic E-state index is 0.581. The SMILES string of the molecule is Cn1ccc(Oc2ccc(N)cc2)n1. The zero-order valence-electron chi connectivity index (χ0n) is 7.84. The van der Waals surface area contributed by atoms with Gasteiger partial charge in [-0.2, -0.15) is 0 Å². The van der Waals surface area contributed by atoms with Crippen LogP contribution < -0.4 is 10.5 Å². The molecule has 0 radical (unpaired) electrons. The lowest BCUT2D eigenvalue weighted by Crippen LogP contribution is -1.90. The van der Waals surface area contributed by atoms with E-state index in [0.717, 1.165) is 11.4 Å². The molecule has 0 saturated heterocycles. The average molecular weight is 189 g/mol. The molecule has 0 aliphatic heterocycles. The highest BCUT2D eigenvalue weighted by Crippen LogP contribution is 2.19. The molecule has 0 saturated carbocycles. The molecule has 0 unspecified atom stereocenters. The van der Waals surface area contributed by atoms with Crippen molar-refractivity contribution in [2.45, 2.75) is 0 Å². The maximum Gasteiger partial charge on any atom is 0.238 e. The number of aryl methyl sites for hydroxylation is 1. The lowest BCUT2D eigenvalue weighted by molar-refractivity contribution is 0.454. The molecule has 4 heteroatoms. The minimum Gasteiger partial charge on any atom is -0.438 e. The Morgan fingerprint density at radius 2 is 1.93 bits per heavy atom. The fourth-order valence-electron chi connectivity index (χ4n) is 1.10. The van der Waals surface area contributed by atoms with Crippen molar-refractivity contribution in [3.05, 3.63) is 36.5 Å². The number of anilines is 1. The van der Waals surface area contributed by atoms with Gasteiger partial charge in [0.25, 0.3) is 0 Å². The molecular weight excluding hydrogens is 178 g/mol. The minimum absolute atomic E-state index is 0.581. The maximum atomic E-state index is 5.55. The van der Waals surface area contributed by atoms with Gasteiger partial charge in [-0.1, -0.05) is 0 Å². The molecule has 72 valence electrons. The van der Waals surface area contributed by atoms with Gasteiger partial charge in [-0.25, -0.2) is 0 Å². The highest BCUT2D eigenvalue weighted by molar-refractivity contribution is 5.42. The Labute approximate surface area is 81.9 Å². The fourth-order valence-corrected chi connectivity index (χ4v) is 1.10. The Kier molecular flexibility index (Phi) is 2.10. The van der Waals surface area contributed by atoms with E-state index in [0.29, 0.717) is 5.88 Å². The number of rotatable bonds is 2. The van der Waals surface area contributed by atoms with E-state index in [1.54, 1.807) is 22.9 Å². The molecular formula is C10H11N3O. The van der Waals surface area contributed by atoms with Gasteiger partial charge in [0.2, 0.25) is 5.88 Å². The zero-order chi connectivity index (χ0) is 9.97. The number of nitrogen functional groups attached to an aromatic ring is 1. The van der Waals surface area contributed by atoms with Crippen LogP contribution in [0.3, 0.4) is 0 Å². The summed E-state index contributed by atoms with van der Waals surface area (Å²) in [6.45, 7) is 0. The van der Waals surface area contributed by atoms with Crippen LogP contribution in [-0.2, 0) is 7.05 Å². The van der Waals surface area contributed by atoms with E-state index in [4.69, 9.17) is 10.5 Å². The predicted octanol–water partition coefficient (Wildman–Crippen LogP) is 1.79. The third kappa shape index (κ3) is 1.85. The molecule has 2 N–H and O–H groups in total. The van der Waals surface area contributed by atoms with E-state index in [2.05, 4.69) is 5.10 Å². The standard InChI is InChI=1S/C10H11N3O/c1-13-7-6-10(12-13)14-9-4-2-8(11)3-5-9/h2-7H,11H2,1H3. The molecule has 1 heterocycles. The summed E-state index contributed by atoms with van der Waals surface area (Å²) < 4.78 is 7.15. The number of ether oxygens (including phenoxy) is 1. The summed E-state index contributed by atoms with van der Waals surface area (Å²) >= 11 is 0. The van der Waals surface area contributed by atoms with E-state index in [-0.39, 0.29) is 0 Å². The molecule has 0 atom stereocenters. The third-order valence-corrected chi connectivity index (χ3v) is 1.79. The lowest BCUT2D eigenvalue weighted by atomic mass is 10.3. The normalized spacial score (nSPS) is 10.1. The summed E-state index contributed by atoms with van der Waals surface area (Å²) in [7, 11) is 1.84. The van der Waals surface area contributed by atoms with Crippen LogP contribution in [0.2, 0.25) is 0 Å². The number of hydrogen-bond acceptors (Lipinski definition) is 3. The fraction of sp³-hybridized carbons (Fsp3) is 0.100. The van der Waals surface area contributed by atoms with Gasteiger partial charge in [-0.15, -0.1) is 5.10 Å². The zero-order valence-corrected chi connectivity index (χ0v) is 7.84. The van der Waals surface area contributed by atoms with Gasteiger partial charge < -0.3 is 10.5 Å². The molecule has 0 amide bonds. The van der Waals surface area contributed by atoms with Crippen molar-refractivity contribution >= 4 is 5.69 Å². The first-order chi connectivity index (χ1) is 6.74. The Morgan fingerprint density at radius 1 is 1.21 bits per heavy atom. The summed E-state index contributed by atoms with van der Waals surface area (Å²) in [4.78, 5) is 0. The van der Waals surface area contributed by atoms with Crippen LogP contribution in [-0.4, -0.2) is 9.78 Å². The van der Waals surface area contributed by atoms with Gasteiger partial charge in [0.1, 0.15) is 5.75 Å². The first-order valence-electron chi connectivity index (χ1n) is 4.27. The third-order valence-electron chi connectivity index (χ3n) is 1.79. The van der Waals surface area contributed by atoms with Crippen molar-refractivity contribution in [2.24, 2.45) is 7.05 Å². The first-order valence-corrected chi connectivity index (χ1v) is 4.27. The van der Waals surface area contributed by atoms with E-state index in [9.17, 15) is 0 Å². The van der Waals surface area contributed by atoms with Crippen LogP contribution in [0.4, 0.5) is 5.69 Å². The molecule has 0 bridgehead atoms. The smallest absolute Gasteiger partial charge is 0.238 e. The van der Waals surface area contributed by atoms with Crippen LogP contribution in [0.25, 0.3) is 0 Å². The molecule has 2 rings (SSSR count). The summed E-state index contributed by atoms with van der Waals surface area (Å²) in [5.74, 6) is 1.31. The number of aromatic nitrogens is 2. The Hall–Kier alpha value is -1.97. The summed E-state index contributed by atoms with van der Waals surface area (Å²) in [6, 6.07) is 9.00. The summed E-state index contributed by atoms with van der Waals surface area (Å²) in [5.41, 5.74) is 6.27. The molecule has 1 aromatic carbocycles. The van der Waals surface area contributed by atoms with Gasteiger partial charge in [0.15, 0.2) is 0 Å². The average Bonchev–Trinajstić information content (AvgIpc) is 2.56. The van der Waals surface area contributed by atoms with Crippen LogP contribution in [0, 0.1) is 0 Å². The second kappa shape index (κ2) is 3.41. The monoisotopic (exact) mass is 189 g/mol.